The van der Waals surface area contributed by atoms with Crippen molar-refractivity contribution < 1.29 is 9.73 Å². The number of benzene rings is 1. The van der Waals surface area contributed by atoms with E-state index in [1.54, 1.807) is 18.4 Å². The fraction of sp³-hybridized carbons (Fsp3) is 0.375. The summed E-state index contributed by atoms with van der Waals surface area (Å²) >= 11 is 1.59. The third-order valence-corrected chi connectivity index (χ3v) is 4.41. The molecule has 2 heterocycles. The molecule has 5 nitrogen and oxygen atoms in total. The zero-order valence-electron chi connectivity index (χ0n) is 12.7. The number of thiazole rings is 1. The summed E-state index contributed by atoms with van der Waals surface area (Å²) in [5.41, 5.74) is 8.49. The average molecular weight is 317 g/mol. The Bertz CT molecular complexity index is 636. The molecule has 1 aromatic heterocycles. The normalized spacial score (nSPS) is 14.9. The van der Waals surface area contributed by atoms with Crippen LogP contribution < -0.4 is 20.6 Å². The van der Waals surface area contributed by atoms with Crippen LogP contribution in [0.2, 0.25) is 0 Å². The molecule has 0 aliphatic carbocycles. The number of hydrazine groups is 1. The van der Waals surface area contributed by atoms with Crippen LogP contribution in [0, 0.1) is 0 Å². The lowest BCUT2D eigenvalue weighted by Crippen LogP contribution is -2.76. The molecule has 116 valence electrons. The second kappa shape index (κ2) is 7.26. The van der Waals surface area contributed by atoms with Crippen LogP contribution in [0.25, 0.3) is 11.3 Å². The lowest BCUT2D eigenvalue weighted by Gasteiger charge is -2.01. The third kappa shape index (κ3) is 3.76. The van der Waals surface area contributed by atoms with Crippen molar-refractivity contribution in [3.63, 3.8) is 0 Å². The summed E-state index contributed by atoms with van der Waals surface area (Å²) < 4.78 is 5.18. The number of anilines is 1. The number of ether oxygens (including phenoxy) is 1. The number of nitrogens with zero attached hydrogens (tertiary/aromatic N) is 1. The predicted molar refractivity (Wildman–Crippen MR) is 90.2 cm³/mol. The molecule has 0 bridgehead atoms. The quantitative estimate of drug-likeness (QED) is 0.753. The van der Waals surface area contributed by atoms with Gasteiger partial charge in [0.25, 0.3) is 5.84 Å². The first kappa shape index (κ1) is 14.8. The summed E-state index contributed by atoms with van der Waals surface area (Å²) in [6.07, 6.45) is 4.82. The van der Waals surface area contributed by atoms with Crippen LogP contribution in [0.4, 0.5) is 5.13 Å². The van der Waals surface area contributed by atoms with Gasteiger partial charge in [0.15, 0.2) is 0 Å². The molecule has 1 aromatic carbocycles. The van der Waals surface area contributed by atoms with Gasteiger partial charge in [0, 0.05) is 10.9 Å². The molecule has 0 saturated carbocycles. The minimum Gasteiger partial charge on any atom is -0.497 e. The molecule has 2 aromatic rings. The van der Waals surface area contributed by atoms with E-state index in [2.05, 4.69) is 26.2 Å². The predicted octanol–water partition coefficient (Wildman–Crippen LogP) is 1.79. The van der Waals surface area contributed by atoms with E-state index in [-0.39, 0.29) is 0 Å². The van der Waals surface area contributed by atoms with E-state index in [0.717, 1.165) is 40.9 Å². The van der Waals surface area contributed by atoms with Crippen molar-refractivity contribution >= 4 is 22.3 Å². The van der Waals surface area contributed by atoms with Gasteiger partial charge in [-0.05, 0) is 43.5 Å². The molecule has 1 aliphatic rings. The van der Waals surface area contributed by atoms with Gasteiger partial charge in [-0.2, -0.15) is 5.43 Å². The van der Waals surface area contributed by atoms with E-state index in [9.17, 15) is 0 Å². The standard InChI is InChI=1S/C16H20N4OS/c1-21-13-8-6-12(7-9-13)14-11-22-16(18-14)20-19-15-5-3-2-4-10-17-15/h6-9,11H,2-5,10H2,1H3,(H,17,19)(H,18,20)/p+1. The zero-order chi connectivity index (χ0) is 15.2. The Morgan fingerprint density at radius 3 is 2.82 bits per heavy atom. The number of hydrogen-bond acceptors (Lipinski definition) is 5. The van der Waals surface area contributed by atoms with Crippen LogP contribution in [-0.4, -0.2) is 24.5 Å². The van der Waals surface area contributed by atoms with Crippen molar-refractivity contribution in [3.8, 4) is 17.0 Å². The molecule has 0 atom stereocenters. The minimum atomic E-state index is 0.856. The third-order valence-electron chi connectivity index (χ3n) is 3.65. The maximum Gasteiger partial charge on any atom is 0.265 e. The van der Waals surface area contributed by atoms with Crippen LogP contribution in [0.1, 0.15) is 25.7 Å². The summed E-state index contributed by atoms with van der Waals surface area (Å²) in [7, 11) is 1.67. The van der Waals surface area contributed by atoms with E-state index in [0.29, 0.717) is 0 Å². The maximum absolute atomic E-state index is 5.18. The van der Waals surface area contributed by atoms with Crippen molar-refractivity contribution in [3.05, 3.63) is 29.6 Å². The molecule has 0 unspecified atom stereocenters. The van der Waals surface area contributed by atoms with Crippen LogP contribution in [-0.2, 0) is 0 Å². The lowest BCUT2D eigenvalue weighted by atomic mass is 10.2. The molecule has 0 spiro atoms. The van der Waals surface area contributed by atoms with Crippen molar-refractivity contribution in [2.75, 3.05) is 19.1 Å². The van der Waals surface area contributed by atoms with Gasteiger partial charge in [-0.1, -0.05) is 0 Å². The largest absolute Gasteiger partial charge is 0.497 e. The molecule has 22 heavy (non-hydrogen) atoms. The highest BCUT2D eigenvalue weighted by Crippen LogP contribution is 2.26. The van der Waals surface area contributed by atoms with Crippen LogP contribution in [0.3, 0.4) is 0 Å². The average Bonchev–Trinajstić information content (AvgIpc) is 2.88. The van der Waals surface area contributed by atoms with Gasteiger partial charge in [0.05, 0.1) is 25.8 Å². The Morgan fingerprint density at radius 1 is 1.14 bits per heavy atom. The van der Waals surface area contributed by atoms with E-state index in [1.165, 1.54) is 19.3 Å². The van der Waals surface area contributed by atoms with Crippen LogP contribution >= 0.6 is 11.3 Å². The fourth-order valence-electron chi connectivity index (χ4n) is 2.39. The van der Waals surface area contributed by atoms with E-state index < -0.39 is 0 Å². The highest BCUT2D eigenvalue weighted by atomic mass is 32.1. The van der Waals surface area contributed by atoms with Crippen LogP contribution in [0.5, 0.6) is 5.75 Å². The van der Waals surface area contributed by atoms with E-state index in [4.69, 9.17) is 4.74 Å². The van der Waals surface area contributed by atoms with Gasteiger partial charge < -0.3 is 4.74 Å². The molecular weight excluding hydrogens is 296 g/mol. The Balaban J connectivity index is 1.61. The van der Waals surface area contributed by atoms with Gasteiger partial charge in [0.2, 0.25) is 5.13 Å². The summed E-state index contributed by atoms with van der Waals surface area (Å²) in [5, 5.41) is 2.92. The molecule has 3 N–H and O–H groups in total. The molecule has 1 aliphatic heterocycles. The molecule has 0 fully saturated rings. The minimum absolute atomic E-state index is 0.856. The molecule has 0 saturated heterocycles. The highest BCUT2D eigenvalue weighted by Gasteiger charge is 2.11. The topological polar surface area (TPSA) is 60.1 Å². The van der Waals surface area contributed by atoms with Crippen molar-refractivity contribution in [1.29, 1.82) is 0 Å². The Kier molecular flexibility index (Phi) is 4.90. The number of methoxy groups -OCH3 is 1. The second-order valence-corrected chi connectivity index (χ2v) is 6.09. The van der Waals surface area contributed by atoms with E-state index >= 15 is 0 Å². The van der Waals surface area contributed by atoms with Gasteiger partial charge in [-0.3, -0.25) is 4.99 Å². The summed E-state index contributed by atoms with van der Waals surface area (Å²) in [6.45, 7) is 1.04. The zero-order valence-corrected chi connectivity index (χ0v) is 13.5. The van der Waals surface area contributed by atoms with Gasteiger partial charge in [0.1, 0.15) is 5.75 Å². The Hall–Kier alpha value is -2.08. The molecule has 0 amide bonds. The SMILES string of the molecule is COc1ccc(-c2csc(NNC3=[NH+]CCCCC3)n2)cc1. The number of rotatable bonds is 4. The second-order valence-electron chi connectivity index (χ2n) is 5.23. The van der Waals surface area contributed by atoms with E-state index in [1.807, 2.05) is 24.3 Å². The first-order valence-corrected chi connectivity index (χ1v) is 8.45. The fourth-order valence-corrected chi connectivity index (χ4v) is 3.07. The number of nitrogens with one attached hydrogen (secondary N) is 3. The maximum atomic E-state index is 5.18. The number of hydrogen-bond donors (Lipinski definition) is 3. The smallest absolute Gasteiger partial charge is 0.265 e. The van der Waals surface area contributed by atoms with Crippen LogP contribution in [0.15, 0.2) is 29.6 Å². The van der Waals surface area contributed by atoms with Crippen molar-refractivity contribution in [2.24, 2.45) is 0 Å². The highest BCUT2D eigenvalue weighted by molar-refractivity contribution is 7.14. The lowest BCUT2D eigenvalue weighted by molar-refractivity contribution is -0.459. The Morgan fingerprint density at radius 2 is 2.00 bits per heavy atom. The van der Waals surface area contributed by atoms with Gasteiger partial charge in [-0.15, -0.1) is 11.3 Å². The first-order chi connectivity index (χ1) is 10.8. The summed E-state index contributed by atoms with van der Waals surface area (Å²) in [4.78, 5) is 8.02. The molecular formula is C16H21N4OS+. The first-order valence-electron chi connectivity index (χ1n) is 7.57. The number of aromatic nitrogens is 1. The van der Waals surface area contributed by atoms with Crippen molar-refractivity contribution in [2.45, 2.75) is 25.7 Å². The molecule has 3 rings (SSSR count). The monoisotopic (exact) mass is 317 g/mol. The summed E-state index contributed by atoms with van der Waals surface area (Å²) in [6, 6.07) is 7.94. The molecule has 6 heteroatoms. The van der Waals surface area contributed by atoms with Crippen molar-refractivity contribution in [1.82, 2.24) is 10.4 Å². The van der Waals surface area contributed by atoms with Gasteiger partial charge in [-0.25, -0.2) is 10.4 Å². The van der Waals surface area contributed by atoms with Gasteiger partial charge >= 0.3 is 0 Å². The Labute approximate surface area is 134 Å². The molecule has 0 radical (unpaired) electrons. The summed E-state index contributed by atoms with van der Waals surface area (Å²) in [5.74, 6) is 2.01. The number of amidine groups is 1.